The van der Waals surface area contributed by atoms with Crippen LogP contribution in [0.2, 0.25) is 0 Å². The number of benzene rings is 1. The Balaban J connectivity index is 1.73. The summed E-state index contributed by atoms with van der Waals surface area (Å²) in [5, 5.41) is 16.6. The van der Waals surface area contributed by atoms with Gasteiger partial charge in [0.15, 0.2) is 5.82 Å². The smallest absolute Gasteiger partial charge is 0.226 e. The van der Waals surface area contributed by atoms with E-state index in [1.165, 1.54) is 18.5 Å². The van der Waals surface area contributed by atoms with Crippen molar-refractivity contribution < 1.29 is 14.3 Å². The van der Waals surface area contributed by atoms with Crippen LogP contribution in [-0.4, -0.2) is 30.5 Å². The maximum absolute atomic E-state index is 13.1. The number of hydrogen-bond acceptors (Lipinski definition) is 4. The van der Waals surface area contributed by atoms with Gasteiger partial charge in [-0.25, -0.2) is 9.37 Å². The van der Waals surface area contributed by atoms with Crippen LogP contribution in [0.5, 0.6) is 0 Å². The number of carbonyl (C=O) groups excluding carboxylic acids is 1. The van der Waals surface area contributed by atoms with E-state index < -0.39 is 5.78 Å². The lowest BCUT2D eigenvalue weighted by Crippen LogP contribution is -1.99. The van der Waals surface area contributed by atoms with E-state index in [0.29, 0.717) is 12.0 Å². The second-order valence-electron chi connectivity index (χ2n) is 6.04. The van der Waals surface area contributed by atoms with Crippen LogP contribution in [0.15, 0.2) is 67.1 Å². The average Bonchev–Trinajstić information content (AvgIpc) is 3.32. The number of nitrogens with one attached hydrogen (secondary N) is 1. The first kappa shape index (κ1) is 16.7. The van der Waals surface area contributed by atoms with Gasteiger partial charge >= 0.3 is 0 Å². The van der Waals surface area contributed by atoms with E-state index in [2.05, 4.69) is 15.2 Å². The fourth-order valence-electron chi connectivity index (χ4n) is 2.97. The summed E-state index contributed by atoms with van der Waals surface area (Å²) < 4.78 is 15.1. The van der Waals surface area contributed by atoms with Crippen molar-refractivity contribution in [1.82, 2.24) is 19.6 Å². The third-order valence-corrected chi connectivity index (χ3v) is 4.25. The summed E-state index contributed by atoms with van der Waals surface area (Å²) in [5.41, 5.74) is 3.13. The Kier molecular flexibility index (Phi) is 4.25. The molecule has 7 heteroatoms. The molecule has 0 amide bonds. The maximum Gasteiger partial charge on any atom is 0.226 e. The summed E-state index contributed by atoms with van der Waals surface area (Å²) >= 11 is 0. The molecule has 0 unspecified atom stereocenters. The molecule has 4 aromatic rings. The highest BCUT2D eigenvalue weighted by molar-refractivity contribution is 6.05. The largest absolute Gasteiger partial charge is 0.507 e. The normalized spacial score (nSPS) is 11.8. The zero-order valence-electron chi connectivity index (χ0n) is 14.1. The van der Waals surface area contributed by atoms with Gasteiger partial charge in [-0.2, -0.15) is 5.10 Å². The van der Waals surface area contributed by atoms with Gasteiger partial charge in [0.05, 0.1) is 5.52 Å². The van der Waals surface area contributed by atoms with E-state index in [1.807, 2.05) is 34.9 Å². The van der Waals surface area contributed by atoms with Crippen LogP contribution in [0.4, 0.5) is 4.39 Å². The van der Waals surface area contributed by atoms with Crippen LogP contribution in [0.3, 0.4) is 0 Å². The second-order valence-corrected chi connectivity index (χ2v) is 6.04. The molecule has 0 atom stereocenters. The zero-order chi connectivity index (χ0) is 18.8. The van der Waals surface area contributed by atoms with Gasteiger partial charge in [0.2, 0.25) is 5.78 Å². The number of H-pyrrole nitrogens is 1. The summed E-state index contributed by atoms with van der Waals surface area (Å²) in [7, 11) is 0. The number of ketones is 1. The topological polar surface area (TPSA) is 83.3 Å². The lowest BCUT2D eigenvalue weighted by atomic mass is 10.1. The fraction of sp³-hybridized carbons (Fsp3) is 0.0500. The predicted octanol–water partition coefficient (Wildman–Crippen LogP) is 3.57. The van der Waals surface area contributed by atoms with E-state index in [1.54, 1.807) is 12.1 Å². The number of halogens is 1. The highest BCUT2D eigenvalue weighted by Crippen LogP contribution is 2.25. The number of pyridine rings is 1. The van der Waals surface area contributed by atoms with Crippen LogP contribution in [-0.2, 0) is 6.42 Å². The molecule has 0 aliphatic carbocycles. The molecule has 4 rings (SSSR count). The molecule has 2 N–H and O–H groups in total. The van der Waals surface area contributed by atoms with Gasteiger partial charge in [0.25, 0.3) is 0 Å². The third kappa shape index (κ3) is 3.35. The van der Waals surface area contributed by atoms with Gasteiger partial charge < -0.3 is 9.51 Å². The van der Waals surface area contributed by atoms with Crippen LogP contribution in [0.1, 0.15) is 27.4 Å². The molecular weight excluding hydrogens is 347 g/mol. The molecular formula is C20H15FN4O2. The van der Waals surface area contributed by atoms with Gasteiger partial charge in [0, 0.05) is 30.0 Å². The van der Waals surface area contributed by atoms with Crippen molar-refractivity contribution in [3.63, 3.8) is 0 Å². The quantitative estimate of drug-likeness (QED) is 0.323. The number of carbonyl (C=O) groups is 1. The van der Waals surface area contributed by atoms with E-state index in [-0.39, 0.29) is 17.4 Å². The summed E-state index contributed by atoms with van der Waals surface area (Å²) in [6.07, 6.45) is 4.77. The van der Waals surface area contributed by atoms with Crippen LogP contribution < -0.4 is 0 Å². The number of nitrogens with zero attached hydrogens (tertiary/aromatic N) is 3. The van der Waals surface area contributed by atoms with Crippen molar-refractivity contribution in [3.8, 4) is 0 Å². The van der Waals surface area contributed by atoms with Crippen molar-refractivity contribution >= 4 is 17.1 Å². The van der Waals surface area contributed by atoms with Gasteiger partial charge in [-0.1, -0.05) is 18.2 Å². The standard InChI is InChI=1S/C20H15FN4O2/c21-14-6-4-13(5-7-14)9-15-10-16(17-3-1-2-8-25(15)17)18(26)11-19(27)20-22-12-23-24-20/h1-8,10-12,26H,9H2,(H,22,23,24). The van der Waals surface area contributed by atoms with Crippen molar-refractivity contribution in [2.45, 2.75) is 6.42 Å². The van der Waals surface area contributed by atoms with E-state index in [0.717, 1.165) is 22.9 Å². The first-order valence-electron chi connectivity index (χ1n) is 8.26. The second kappa shape index (κ2) is 6.87. The Morgan fingerprint density at radius 3 is 2.78 bits per heavy atom. The molecule has 3 heterocycles. The lowest BCUT2D eigenvalue weighted by Gasteiger charge is -2.03. The van der Waals surface area contributed by atoms with Gasteiger partial charge in [-0.05, 0) is 35.9 Å². The summed E-state index contributed by atoms with van der Waals surface area (Å²) in [5.74, 6) is -0.867. The number of fused-ring (bicyclic) bond motifs is 1. The highest BCUT2D eigenvalue weighted by Gasteiger charge is 2.15. The Labute approximate surface area is 153 Å². The molecule has 0 aliphatic rings. The number of rotatable bonds is 5. The van der Waals surface area contributed by atoms with Crippen molar-refractivity contribution in [2.24, 2.45) is 0 Å². The molecule has 0 spiro atoms. The first-order valence-corrected chi connectivity index (χ1v) is 8.26. The van der Waals surface area contributed by atoms with Gasteiger partial charge in [0.1, 0.15) is 17.9 Å². The monoisotopic (exact) mass is 362 g/mol. The molecule has 0 aliphatic heterocycles. The third-order valence-electron chi connectivity index (χ3n) is 4.25. The molecule has 0 radical (unpaired) electrons. The predicted molar refractivity (Wildman–Crippen MR) is 97.9 cm³/mol. The SMILES string of the molecule is O=C(C=C(O)c1cc(Cc2ccc(F)cc2)n2ccccc12)c1ncn[nH]1. The first-order chi connectivity index (χ1) is 13.1. The van der Waals surface area contributed by atoms with Gasteiger partial charge in [-0.15, -0.1) is 0 Å². The molecule has 1 aromatic carbocycles. The van der Waals surface area contributed by atoms with Crippen LogP contribution in [0.25, 0.3) is 11.3 Å². The molecule has 0 saturated heterocycles. The minimum atomic E-state index is -0.472. The lowest BCUT2D eigenvalue weighted by molar-refractivity contribution is 0.103. The van der Waals surface area contributed by atoms with Crippen molar-refractivity contribution in [3.05, 3.63) is 95.6 Å². The fourth-order valence-corrected chi connectivity index (χ4v) is 2.97. The molecule has 0 saturated carbocycles. The maximum atomic E-state index is 13.1. The van der Waals surface area contributed by atoms with Crippen LogP contribution >= 0.6 is 0 Å². The number of aromatic nitrogens is 4. The Hall–Kier alpha value is -3.74. The molecule has 0 bridgehead atoms. The minimum absolute atomic E-state index is 0.0524. The summed E-state index contributed by atoms with van der Waals surface area (Å²) in [4.78, 5) is 15.9. The van der Waals surface area contributed by atoms with E-state index in [4.69, 9.17) is 0 Å². The Morgan fingerprint density at radius 1 is 1.22 bits per heavy atom. The number of allylic oxidation sites excluding steroid dienone is 1. The molecule has 0 fully saturated rings. The zero-order valence-corrected chi connectivity index (χ0v) is 14.1. The number of aromatic amines is 1. The summed E-state index contributed by atoms with van der Waals surface area (Å²) in [6.45, 7) is 0. The number of hydrogen-bond donors (Lipinski definition) is 2. The molecule has 3 aromatic heterocycles. The van der Waals surface area contributed by atoms with Gasteiger partial charge in [-0.3, -0.25) is 9.89 Å². The van der Waals surface area contributed by atoms with Crippen LogP contribution in [0, 0.1) is 5.82 Å². The van der Waals surface area contributed by atoms with E-state index >= 15 is 0 Å². The van der Waals surface area contributed by atoms with E-state index in [9.17, 15) is 14.3 Å². The molecule has 134 valence electrons. The number of aliphatic hydroxyl groups is 1. The Bertz CT molecular complexity index is 1130. The minimum Gasteiger partial charge on any atom is -0.507 e. The molecule has 27 heavy (non-hydrogen) atoms. The average molecular weight is 362 g/mol. The Morgan fingerprint density at radius 2 is 2.04 bits per heavy atom. The van der Waals surface area contributed by atoms with Crippen molar-refractivity contribution in [1.29, 1.82) is 0 Å². The van der Waals surface area contributed by atoms with Crippen molar-refractivity contribution in [2.75, 3.05) is 0 Å². The summed E-state index contributed by atoms with van der Waals surface area (Å²) in [6, 6.07) is 13.7. The number of aliphatic hydroxyl groups excluding tert-OH is 1. The highest BCUT2D eigenvalue weighted by atomic mass is 19.1. The molecule has 6 nitrogen and oxygen atoms in total.